The van der Waals surface area contributed by atoms with Crippen LogP contribution in [0.2, 0.25) is 0 Å². The Kier molecular flexibility index (Phi) is 5.72. The number of hydrogen-bond acceptors (Lipinski definition) is 5. The lowest BCUT2D eigenvalue weighted by atomic mass is 9.95. The van der Waals surface area contributed by atoms with Gasteiger partial charge in [-0.2, -0.15) is 13.2 Å². The number of H-pyrrole nitrogens is 1. The number of alkyl halides is 3. The molecule has 2 N–H and O–H groups in total. The minimum atomic E-state index is -4.66. The van der Waals surface area contributed by atoms with Crippen LogP contribution < -0.4 is 10.2 Å². The topological polar surface area (TPSA) is 104 Å². The first-order valence-electron chi connectivity index (χ1n) is 10.0. The van der Waals surface area contributed by atoms with Crippen LogP contribution in [0.1, 0.15) is 24.2 Å². The summed E-state index contributed by atoms with van der Waals surface area (Å²) in [7, 11) is 0. The molecule has 1 amide bonds. The molecule has 2 aromatic carbocycles. The maximum atomic E-state index is 12.9. The Labute approximate surface area is 180 Å². The summed E-state index contributed by atoms with van der Waals surface area (Å²) in [6.45, 7) is 0.905. The molecule has 1 fully saturated rings. The van der Waals surface area contributed by atoms with E-state index in [2.05, 4.69) is 15.3 Å². The van der Waals surface area contributed by atoms with Gasteiger partial charge in [0.05, 0.1) is 28.1 Å². The fraction of sp³-hybridized carbons (Fsp3) is 0.333. The maximum Gasteiger partial charge on any atom is 0.416 e. The molecule has 32 heavy (non-hydrogen) atoms. The number of aromatic nitrogens is 2. The van der Waals surface area contributed by atoms with E-state index in [1.54, 1.807) is 4.90 Å². The Bertz CT molecular complexity index is 1120. The zero-order chi connectivity index (χ0) is 22.9. The molecule has 8 nitrogen and oxygen atoms in total. The van der Waals surface area contributed by atoms with Crippen LogP contribution in [-0.4, -0.2) is 33.9 Å². The van der Waals surface area contributed by atoms with Crippen molar-refractivity contribution >= 4 is 28.3 Å². The predicted octanol–water partition coefficient (Wildman–Crippen LogP) is 4.02. The minimum Gasteiger partial charge on any atom is -0.366 e. The molecular formula is C21H20F3N5O3. The highest BCUT2D eigenvalue weighted by Crippen LogP contribution is 2.37. The van der Waals surface area contributed by atoms with Gasteiger partial charge in [0.25, 0.3) is 5.69 Å². The van der Waals surface area contributed by atoms with E-state index >= 15 is 0 Å². The van der Waals surface area contributed by atoms with Crippen LogP contribution in [0.25, 0.3) is 11.0 Å². The van der Waals surface area contributed by atoms with Gasteiger partial charge in [-0.05, 0) is 37.1 Å². The van der Waals surface area contributed by atoms with Crippen LogP contribution in [0, 0.1) is 16.0 Å². The molecule has 1 saturated heterocycles. The lowest BCUT2D eigenvalue weighted by Crippen LogP contribution is -2.40. The van der Waals surface area contributed by atoms with Gasteiger partial charge in [0.1, 0.15) is 11.5 Å². The molecule has 0 radical (unpaired) electrons. The molecule has 0 unspecified atom stereocenters. The van der Waals surface area contributed by atoms with Crippen molar-refractivity contribution in [2.45, 2.75) is 25.6 Å². The third-order valence-electron chi connectivity index (χ3n) is 5.57. The number of para-hydroxylation sites is 2. The number of nitrogens with zero attached hydrogens (tertiary/aromatic N) is 3. The average Bonchev–Trinajstić information content (AvgIpc) is 3.19. The quantitative estimate of drug-likeness (QED) is 0.454. The molecule has 0 atom stereocenters. The first-order chi connectivity index (χ1) is 15.2. The smallest absolute Gasteiger partial charge is 0.366 e. The van der Waals surface area contributed by atoms with Gasteiger partial charge >= 0.3 is 6.18 Å². The Morgan fingerprint density at radius 1 is 1.22 bits per heavy atom. The van der Waals surface area contributed by atoms with Crippen molar-refractivity contribution in [3.05, 3.63) is 64.0 Å². The van der Waals surface area contributed by atoms with E-state index in [0.717, 1.165) is 23.2 Å². The molecule has 0 spiro atoms. The van der Waals surface area contributed by atoms with Gasteiger partial charge in [-0.1, -0.05) is 12.1 Å². The minimum absolute atomic E-state index is 0.129. The third-order valence-corrected chi connectivity index (χ3v) is 5.57. The van der Waals surface area contributed by atoms with Gasteiger partial charge in [-0.3, -0.25) is 14.9 Å². The number of imidazole rings is 1. The number of nitro groups is 1. The number of amides is 1. The number of nitrogens with one attached hydrogen (secondary N) is 2. The van der Waals surface area contributed by atoms with Crippen molar-refractivity contribution < 1.29 is 22.9 Å². The second kappa shape index (κ2) is 8.48. The lowest BCUT2D eigenvalue weighted by molar-refractivity contribution is -0.384. The molecule has 1 aromatic heterocycles. The van der Waals surface area contributed by atoms with E-state index < -0.39 is 22.4 Å². The number of carbonyl (C=O) groups excluding carboxylic acids is 1. The van der Waals surface area contributed by atoms with E-state index in [-0.39, 0.29) is 24.1 Å². The standard InChI is InChI=1S/C21H20F3N5O3/c22-21(23,24)14-5-6-17(18(11-14)29(31)32)28-9-7-13(8-10-28)20(30)25-12-19-26-15-3-1-2-4-16(15)27-19/h1-6,11,13H,7-10,12H2,(H,25,30)(H,26,27). The van der Waals surface area contributed by atoms with Gasteiger partial charge < -0.3 is 15.2 Å². The van der Waals surface area contributed by atoms with Gasteiger partial charge in [0.2, 0.25) is 5.91 Å². The van der Waals surface area contributed by atoms with Crippen LogP contribution >= 0.6 is 0 Å². The van der Waals surface area contributed by atoms with E-state index in [1.807, 2.05) is 24.3 Å². The van der Waals surface area contributed by atoms with Crippen molar-refractivity contribution in [3.63, 3.8) is 0 Å². The molecule has 2 heterocycles. The van der Waals surface area contributed by atoms with Gasteiger partial charge in [0, 0.05) is 25.1 Å². The highest BCUT2D eigenvalue weighted by atomic mass is 19.4. The van der Waals surface area contributed by atoms with Crippen molar-refractivity contribution in [1.29, 1.82) is 0 Å². The van der Waals surface area contributed by atoms with Crippen molar-refractivity contribution in [2.75, 3.05) is 18.0 Å². The van der Waals surface area contributed by atoms with Gasteiger partial charge in [0.15, 0.2) is 0 Å². The summed E-state index contributed by atoms with van der Waals surface area (Å²) in [5.41, 5.74) is 0.163. The summed E-state index contributed by atoms with van der Waals surface area (Å²) < 4.78 is 38.7. The lowest BCUT2D eigenvalue weighted by Gasteiger charge is -2.32. The zero-order valence-corrected chi connectivity index (χ0v) is 16.9. The SMILES string of the molecule is O=C(NCc1nc2ccccc2[nH]1)C1CCN(c2ccc(C(F)(F)F)cc2[N+](=O)[O-])CC1. The molecule has 3 aromatic rings. The van der Waals surface area contributed by atoms with Gasteiger partial charge in [-0.25, -0.2) is 4.98 Å². The number of aromatic amines is 1. The number of halogens is 3. The number of benzene rings is 2. The molecule has 0 saturated carbocycles. The third kappa shape index (κ3) is 4.51. The fourth-order valence-corrected chi connectivity index (χ4v) is 3.90. The van der Waals surface area contributed by atoms with Crippen molar-refractivity contribution in [2.24, 2.45) is 5.92 Å². The Morgan fingerprint density at radius 3 is 2.59 bits per heavy atom. The Morgan fingerprint density at radius 2 is 1.94 bits per heavy atom. The Balaban J connectivity index is 1.37. The van der Waals surface area contributed by atoms with Crippen LogP contribution in [-0.2, 0) is 17.5 Å². The highest BCUT2D eigenvalue weighted by molar-refractivity contribution is 5.79. The summed E-state index contributed by atoms with van der Waals surface area (Å²) in [5, 5.41) is 14.2. The molecule has 1 aliphatic rings. The predicted molar refractivity (Wildman–Crippen MR) is 111 cm³/mol. The Hall–Kier alpha value is -3.63. The largest absolute Gasteiger partial charge is 0.416 e. The van der Waals surface area contributed by atoms with E-state index in [4.69, 9.17) is 0 Å². The van der Waals surface area contributed by atoms with E-state index in [1.165, 1.54) is 0 Å². The molecule has 168 valence electrons. The van der Waals surface area contributed by atoms with Crippen LogP contribution in [0.15, 0.2) is 42.5 Å². The number of rotatable bonds is 5. The number of carbonyl (C=O) groups is 1. The van der Waals surface area contributed by atoms with E-state index in [0.29, 0.717) is 37.8 Å². The normalized spacial score (nSPS) is 15.2. The highest BCUT2D eigenvalue weighted by Gasteiger charge is 2.34. The average molecular weight is 447 g/mol. The summed E-state index contributed by atoms with van der Waals surface area (Å²) in [5.74, 6) is 0.202. The summed E-state index contributed by atoms with van der Waals surface area (Å²) in [6.07, 6.45) is -3.79. The van der Waals surface area contributed by atoms with Crippen LogP contribution in [0.4, 0.5) is 24.5 Å². The molecular weight excluding hydrogens is 427 g/mol. The monoisotopic (exact) mass is 447 g/mol. The number of anilines is 1. The van der Waals surface area contributed by atoms with Crippen molar-refractivity contribution in [3.8, 4) is 0 Å². The second-order valence-electron chi connectivity index (χ2n) is 7.64. The molecule has 11 heteroatoms. The number of fused-ring (bicyclic) bond motifs is 1. The molecule has 0 bridgehead atoms. The number of nitro benzene ring substituents is 1. The molecule has 1 aliphatic heterocycles. The first-order valence-corrected chi connectivity index (χ1v) is 10.0. The van der Waals surface area contributed by atoms with E-state index in [9.17, 15) is 28.1 Å². The fourth-order valence-electron chi connectivity index (χ4n) is 3.90. The number of piperidine rings is 1. The first kappa shape index (κ1) is 21.6. The summed E-state index contributed by atoms with van der Waals surface area (Å²) in [6, 6.07) is 10.0. The zero-order valence-electron chi connectivity index (χ0n) is 16.9. The van der Waals surface area contributed by atoms with Crippen LogP contribution in [0.3, 0.4) is 0 Å². The molecule has 0 aliphatic carbocycles. The van der Waals surface area contributed by atoms with Crippen molar-refractivity contribution in [1.82, 2.24) is 15.3 Å². The summed E-state index contributed by atoms with van der Waals surface area (Å²) >= 11 is 0. The van der Waals surface area contributed by atoms with Gasteiger partial charge in [-0.15, -0.1) is 0 Å². The summed E-state index contributed by atoms with van der Waals surface area (Å²) in [4.78, 5) is 32.3. The molecule has 4 rings (SSSR count). The number of hydrogen-bond donors (Lipinski definition) is 2. The van der Waals surface area contributed by atoms with Crippen LogP contribution in [0.5, 0.6) is 0 Å². The second-order valence-corrected chi connectivity index (χ2v) is 7.64. The maximum absolute atomic E-state index is 12.9.